The van der Waals surface area contributed by atoms with E-state index in [4.69, 9.17) is 9.47 Å². The van der Waals surface area contributed by atoms with Crippen LogP contribution in [0.5, 0.6) is 5.75 Å². The Hall–Kier alpha value is -2.70. The van der Waals surface area contributed by atoms with Gasteiger partial charge in [0.2, 0.25) is 15.9 Å². The van der Waals surface area contributed by atoms with Crippen molar-refractivity contribution in [1.82, 2.24) is 14.2 Å². The second-order valence-electron chi connectivity index (χ2n) is 7.47. The first-order valence-corrected chi connectivity index (χ1v) is 12.4. The van der Waals surface area contributed by atoms with E-state index in [2.05, 4.69) is 10.3 Å². The summed E-state index contributed by atoms with van der Waals surface area (Å²) in [7, 11) is -0.986. The Kier molecular flexibility index (Phi) is 6.35. The van der Waals surface area contributed by atoms with Crippen molar-refractivity contribution in [2.24, 2.45) is 0 Å². The maximum absolute atomic E-state index is 13.1. The molecule has 32 heavy (non-hydrogen) atoms. The fourth-order valence-electron chi connectivity index (χ4n) is 3.90. The van der Waals surface area contributed by atoms with Gasteiger partial charge in [-0.1, -0.05) is 11.3 Å². The molecule has 1 atom stereocenters. The van der Waals surface area contributed by atoms with E-state index in [-0.39, 0.29) is 11.4 Å². The highest BCUT2D eigenvalue weighted by molar-refractivity contribution is 7.89. The molecule has 0 saturated carbocycles. The molecule has 0 bridgehead atoms. The lowest BCUT2D eigenvalue weighted by Crippen LogP contribution is -2.43. The summed E-state index contributed by atoms with van der Waals surface area (Å²) in [6.45, 7) is 1.14. The molecule has 1 N–H and O–H groups in total. The number of amides is 2. The summed E-state index contributed by atoms with van der Waals surface area (Å²) in [6.07, 6.45) is 1.19. The highest BCUT2D eigenvalue weighted by atomic mass is 32.2. The molecule has 1 unspecified atom stereocenters. The average Bonchev–Trinajstić information content (AvgIpc) is 3.45. The number of benzene rings is 1. The number of carbonyl (C=O) groups excluding carboxylic acids is 2. The summed E-state index contributed by atoms with van der Waals surface area (Å²) in [5.74, 6) is 0.147. The predicted octanol–water partition coefficient (Wildman–Crippen LogP) is 2.07. The minimum absolute atomic E-state index is 0.116. The van der Waals surface area contributed by atoms with Crippen LogP contribution in [0.4, 0.5) is 9.93 Å². The lowest BCUT2D eigenvalue weighted by molar-refractivity contribution is -0.119. The Labute approximate surface area is 190 Å². The number of nitrogens with one attached hydrogen (secondary N) is 1. The monoisotopic (exact) mass is 480 g/mol. The van der Waals surface area contributed by atoms with Crippen LogP contribution in [-0.2, 0) is 32.5 Å². The fourth-order valence-corrected chi connectivity index (χ4v) is 6.58. The molecule has 172 valence electrons. The maximum atomic E-state index is 13.1. The molecule has 2 aromatic rings. The molecule has 0 radical (unpaired) electrons. The Morgan fingerprint density at radius 1 is 1.19 bits per heavy atom. The number of hydrogen-bond donors (Lipinski definition) is 1. The zero-order valence-corrected chi connectivity index (χ0v) is 19.4. The highest BCUT2D eigenvalue weighted by Crippen LogP contribution is 2.31. The number of hydrogen-bond acceptors (Lipinski definition) is 8. The Morgan fingerprint density at radius 3 is 2.62 bits per heavy atom. The van der Waals surface area contributed by atoms with E-state index < -0.39 is 28.1 Å². The minimum Gasteiger partial charge on any atom is -0.497 e. The quantitative estimate of drug-likeness (QED) is 0.696. The molecule has 1 saturated heterocycles. The number of thiazole rings is 1. The van der Waals surface area contributed by atoms with Crippen LogP contribution in [0.15, 0.2) is 29.2 Å². The standard InChI is InChI=1S/C20H24N4O6S2/c1-29-13-5-7-14(8-6-13)32(27,28)24-10-3-4-16(24)18(25)22-19-21-15-9-11-23(20(26)30-2)12-17(15)31-19/h5-8,16H,3-4,9-12H2,1-2H3,(H,21,22,25). The lowest BCUT2D eigenvalue weighted by Gasteiger charge is -2.24. The van der Waals surface area contributed by atoms with Crippen molar-refractivity contribution in [3.05, 3.63) is 34.8 Å². The van der Waals surface area contributed by atoms with Crippen LogP contribution in [0.1, 0.15) is 23.4 Å². The molecule has 10 nitrogen and oxygen atoms in total. The maximum Gasteiger partial charge on any atom is 0.409 e. The predicted molar refractivity (Wildman–Crippen MR) is 117 cm³/mol. The van der Waals surface area contributed by atoms with Gasteiger partial charge in [0.25, 0.3) is 0 Å². The second kappa shape index (κ2) is 9.04. The van der Waals surface area contributed by atoms with Crippen LogP contribution in [0.2, 0.25) is 0 Å². The van der Waals surface area contributed by atoms with Crippen molar-refractivity contribution in [3.63, 3.8) is 0 Å². The van der Waals surface area contributed by atoms with Gasteiger partial charge in [-0.15, -0.1) is 0 Å². The van der Waals surface area contributed by atoms with Gasteiger partial charge < -0.3 is 19.7 Å². The van der Waals surface area contributed by atoms with Gasteiger partial charge in [0, 0.05) is 24.4 Å². The van der Waals surface area contributed by atoms with Crippen molar-refractivity contribution in [1.29, 1.82) is 0 Å². The highest BCUT2D eigenvalue weighted by Gasteiger charge is 2.40. The third kappa shape index (κ3) is 4.30. The molecule has 3 heterocycles. The van der Waals surface area contributed by atoms with Gasteiger partial charge in [-0.25, -0.2) is 18.2 Å². The number of sulfonamides is 1. The van der Waals surface area contributed by atoms with Crippen LogP contribution in [-0.4, -0.2) is 68.0 Å². The van der Waals surface area contributed by atoms with Crippen LogP contribution in [0, 0.1) is 0 Å². The molecule has 1 fully saturated rings. The van der Waals surface area contributed by atoms with E-state index in [9.17, 15) is 18.0 Å². The number of rotatable bonds is 5. The third-order valence-electron chi connectivity index (χ3n) is 5.57. The van der Waals surface area contributed by atoms with Crippen LogP contribution < -0.4 is 10.1 Å². The van der Waals surface area contributed by atoms with Gasteiger partial charge >= 0.3 is 6.09 Å². The molecule has 4 rings (SSSR count). The third-order valence-corrected chi connectivity index (χ3v) is 8.49. The lowest BCUT2D eigenvalue weighted by atomic mass is 10.2. The summed E-state index contributed by atoms with van der Waals surface area (Å²) in [6, 6.07) is 5.30. The summed E-state index contributed by atoms with van der Waals surface area (Å²) >= 11 is 1.29. The minimum atomic E-state index is -3.83. The second-order valence-corrected chi connectivity index (χ2v) is 10.4. The van der Waals surface area contributed by atoms with Crippen molar-refractivity contribution < 1.29 is 27.5 Å². The molecule has 0 aliphatic carbocycles. The van der Waals surface area contributed by atoms with Gasteiger partial charge in [0.15, 0.2) is 5.13 Å². The zero-order chi connectivity index (χ0) is 22.9. The number of methoxy groups -OCH3 is 2. The number of carbonyl (C=O) groups is 2. The first kappa shape index (κ1) is 22.5. The number of anilines is 1. The summed E-state index contributed by atoms with van der Waals surface area (Å²) in [5.41, 5.74) is 0.833. The van der Waals surface area contributed by atoms with E-state index in [0.29, 0.717) is 43.2 Å². The van der Waals surface area contributed by atoms with Crippen LogP contribution >= 0.6 is 11.3 Å². The summed E-state index contributed by atoms with van der Waals surface area (Å²) in [5, 5.41) is 3.18. The van der Waals surface area contributed by atoms with Crippen LogP contribution in [0.3, 0.4) is 0 Å². The number of aromatic nitrogens is 1. The topological polar surface area (TPSA) is 118 Å². The van der Waals surface area contributed by atoms with Gasteiger partial charge in [0.05, 0.1) is 31.4 Å². The normalized spacial score (nSPS) is 18.8. The SMILES string of the molecule is COC(=O)N1CCc2nc(NC(=O)C3CCCN3S(=O)(=O)c3ccc(OC)cc3)sc2C1. The number of ether oxygens (including phenoxy) is 2. The Morgan fingerprint density at radius 2 is 1.94 bits per heavy atom. The zero-order valence-electron chi connectivity index (χ0n) is 17.7. The van der Waals surface area contributed by atoms with Crippen LogP contribution in [0.25, 0.3) is 0 Å². The van der Waals surface area contributed by atoms with E-state index in [1.54, 1.807) is 17.0 Å². The summed E-state index contributed by atoms with van der Waals surface area (Å²) < 4.78 is 37.4. The average molecular weight is 481 g/mol. The molecular weight excluding hydrogens is 456 g/mol. The molecule has 0 spiro atoms. The molecular formula is C20H24N4O6S2. The first-order valence-electron chi connectivity index (χ1n) is 10.1. The van der Waals surface area contributed by atoms with E-state index in [0.717, 1.165) is 10.6 Å². The van der Waals surface area contributed by atoms with Gasteiger partial charge in [-0.2, -0.15) is 4.31 Å². The molecule has 2 amide bonds. The Bertz CT molecular complexity index is 1120. The molecule has 1 aromatic carbocycles. The first-order chi connectivity index (χ1) is 15.3. The molecule has 1 aromatic heterocycles. The molecule has 12 heteroatoms. The number of nitrogens with zero attached hydrogens (tertiary/aromatic N) is 3. The van der Waals surface area contributed by atoms with Crippen molar-refractivity contribution in [2.75, 3.05) is 32.6 Å². The van der Waals surface area contributed by atoms with Gasteiger partial charge in [-0.3, -0.25) is 4.79 Å². The number of fused-ring (bicyclic) bond motifs is 1. The Balaban J connectivity index is 1.47. The van der Waals surface area contributed by atoms with Gasteiger partial charge in [-0.05, 0) is 37.1 Å². The van der Waals surface area contributed by atoms with Crippen molar-refractivity contribution >= 4 is 38.5 Å². The largest absolute Gasteiger partial charge is 0.497 e. The molecule has 2 aliphatic heterocycles. The smallest absolute Gasteiger partial charge is 0.409 e. The fraction of sp³-hybridized carbons (Fsp3) is 0.450. The molecule has 2 aliphatic rings. The van der Waals surface area contributed by atoms with E-state index in [1.165, 1.54) is 42.0 Å². The van der Waals surface area contributed by atoms with E-state index in [1.807, 2.05) is 0 Å². The summed E-state index contributed by atoms with van der Waals surface area (Å²) in [4.78, 5) is 31.8. The van der Waals surface area contributed by atoms with Gasteiger partial charge in [0.1, 0.15) is 11.8 Å². The van der Waals surface area contributed by atoms with Crippen molar-refractivity contribution in [2.45, 2.75) is 36.7 Å². The van der Waals surface area contributed by atoms with Crippen molar-refractivity contribution in [3.8, 4) is 5.75 Å². The van der Waals surface area contributed by atoms with E-state index >= 15 is 0 Å².